The molecule has 2 fully saturated rings. The van der Waals surface area contributed by atoms with Gasteiger partial charge in [-0.1, -0.05) is 30.3 Å². The van der Waals surface area contributed by atoms with Gasteiger partial charge in [0.15, 0.2) is 6.61 Å². The van der Waals surface area contributed by atoms with Crippen molar-refractivity contribution in [3.05, 3.63) is 65.7 Å². The van der Waals surface area contributed by atoms with Crippen LogP contribution in [0.5, 0.6) is 5.75 Å². The van der Waals surface area contributed by atoms with Gasteiger partial charge in [0.1, 0.15) is 5.75 Å². The molecule has 176 valence electrons. The Hall–Kier alpha value is -2.86. The van der Waals surface area contributed by atoms with Crippen LogP contribution in [-0.4, -0.2) is 59.4 Å². The first-order chi connectivity index (χ1) is 16.0. The quantitative estimate of drug-likeness (QED) is 0.697. The third kappa shape index (κ3) is 6.14. The van der Waals surface area contributed by atoms with Gasteiger partial charge in [0.2, 0.25) is 0 Å². The average molecular weight is 450 g/mol. The highest BCUT2D eigenvalue weighted by Gasteiger charge is 2.29. The minimum absolute atomic E-state index is 0.0257. The standard InChI is InChI=1S/C27H35N3O3/c1-20-7-6-8-21(2)30(20)26(31)19-33-25-13-11-23(12-14-25)27(32)28-24-15-16-29(18-24)17-22-9-4-3-5-10-22/h3-5,9-14,20-21,24H,6-8,15-19H2,1-2H3,(H,28,32). The van der Waals surface area contributed by atoms with Gasteiger partial charge in [-0.25, -0.2) is 0 Å². The largest absolute Gasteiger partial charge is 0.484 e. The van der Waals surface area contributed by atoms with E-state index in [-0.39, 0.29) is 36.5 Å². The molecule has 1 N–H and O–H groups in total. The number of amides is 2. The van der Waals surface area contributed by atoms with Crippen LogP contribution < -0.4 is 10.1 Å². The highest BCUT2D eigenvalue weighted by molar-refractivity contribution is 5.94. The average Bonchev–Trinajstić information content (AvgIpc) is 3.25. The Labute approximate surface area is 196 Å². The highest BCUT2D eigenvalue weighted by Crippen LogP contribution is 2.23. The summed E-state index contributed by atoms with van der Waals surface area (Å²) in [4.78, 5) is 29.7. The molecule has 0 aromatic heterocycles. The fourth-order valence-electron chi connectivity index (χ4n) is 5.04. The molecule has 33 heavy (non-hydrogen) atoms. The number of nitrogens with one attached hydrogen (secondary N) is 1. The number of hydrogen-bond donors (Lipinski definition) is 1. The van der Waals surface area contributed by atoms with Crippen molar-refractivity contribution >= 4 is 11.8 Å². The van der Waals surface area contributed by atoms with Crippen molar-refractivity contribution in [1.29, 1.82) is 0 Å². The first-order valence-electron chi connectivity index (χ1n) is 12.1. The second-order valence-electron chi connectivity index (χ2n) is 9.42. The van der Waals surface area contributed by atoms with E-state index in [0.717, 1.165) is 38.9 Å². The second-order valence-corrected chi connectivity index (χ2v) is 9.42. The third-order valence-corrected chi connectivity index (χ3v) is 6.82. The molecule has 2 aromatic rings. The van der Waals surface area contributed by atoms with E-state index >= 15 is 0 Å². The van der Waals surface area contributed by atoms with Crippen molar-refractivity contribution in [2.45, 2.75) is 64.2 Å². The molecule has 0 aliphatic carbocycles. The number of ether oxygens (including phenoxy) is 1. The van der Waals surface area contributed by atoms with Crippen LogP contribution in [0, 0.1) is 0 Å². The van der Waals surface area contributed by atoms with E-state index in [1.807, 2.05) is 11.0 Å². The first kappa shape index (κ1) is 23.3. The van der Waals surface area contributed by atoms with E-state index in [9.17, 15) is 9.59 Å². The lowest BCUT2D eigenvalue weighted by Gasteiger charge is -2.38. The molecule has 0 saturated carbocycles. The van der Waals surface area contributed by atoms with Crippen LogP contribution >= 0.6 is 0 Å². The van der Waals surface area contributed by atoms with Crippen LogP contribution in [-0.2, 0) is 11.3 Å². The summed E-state index contributed by atoms with van der Waals surface area (Å²) in [5.41, 5.74) is 1.90. The Balaban J connectivity index is 1.23. The molecule has 2 amide bonds. The van der Waals surface area contributed by atoms with Crippen molar-refractivity contribution in [3.63, 3.8) is 0 Å². The maximum Gasteiger partial charge on any atom is 0.260 e. The number of hydrogen-bond acceptors (Lipinski definition) is 4. The molecule has 0 radical (unpaired) electrons. The van der Waals surface area contributed by atoms with E-state index in [1.165, 1.54) is 12.0 Å². The van der Waals surface area contributed by atoms with Crippen molar-refractivity contribution in [1.82, 2.24) is 15.1 Å². The summed E-state index contributed by atoms with van der Waals surface area (Å²) in [5.74, 6) is 0.560. The maximum absolute atomic E-state index is 12.7. The molecule has 3 atom stereocenters. The van der Waals surface area contributed by atoms with Crippen LogP contribution in [0.3, 0.4) is 0 Å². The Bertz CT molecular complexity index is 921. The van der Waals surface area contributed by atoms with Gasteiger partial charge in [-0.3, -0.25) is 14.5 Å². The third-order valence-electron chi connectivity index (χ3n) is 6.82. The molecule has 0 spiro atoms. The predicted octanol–water partition coefficient (Wildman–Crippen LogP) is 3.86. The number of benzene rings is 2. The topological polar surface area (TPSA) is 61.9 Å². The molecule has 2 heterocycles. The van der Waals surface area contributed by atoms with Crippen LogP contribution in [0.15, 0.2) is 54.6 Å². The molecule has 4 rings (SSSR count). The Morgan fingerprint density at radius 2 is 1.67 bits per heavy atom. The van der Waals surface area contributed by atoms with Crippen molar-refractivity contribution in [2.75, 3.05) is 19.7 Å². The summed E-state index contributed by atoms with van der Waals surface area (Å²) in [6, 6.07) is 18.1. The number of carbonyl (C=O) groups is 2. The molecule has 2 aliphatic heterocycles. The molecular weight excluding hydrogens is 414 g/mol. The van der Waals surface area contributed by atoms with E-state index < -0.39 is 0 Å². The molecule has 3 unspecified atom stereocenters. The lowest BCUT2D eigenvalue weighted by Crippen LogP contribution is -2.49. The number of nitrogens with zero attached hydrogens (tertiary/aromatic N) is 2. The van der Waals surface area contributed by atoms with Crippen molar-refractivity contribution < 1.29 is 14.3 Å². The SMILES string of the molecule is CC1CCCC(C)N1C(=O)COc1ccc(C(=O)NC2CCN(Cc3ccccc3)C2)cc1. The van der Waals surface area contributed by atoms with Crippen LogP contribution in [0.1, 0.15) is 55.5 Å². The van der Waals surface area contributed by atoms with Crippen molar-refractivity contribution in [3.8, 4) is 5.75 Å². The second kappa shape index (κ2) is 10.8. The lowest BCUT2D eigenvalue weighted by molar-refractivity contribution is -0.139. The van der Waals surface area contributed by atoms with E-state index in [0.29, 0.717) is 11.3 Å². The van der Waals surface area contributed by atoms with Gasteiger partial charge in [-0.05, 0) is 69.4 Å². The fraction of sp³-hybridized carbons (Fsp3) is 0.481. The summed E-state index contributed by atoms with van der Waals surface area (Å²) >= 11 is 0. The lowest BCUT2D eigenvalue weighted by atomic mass is 9.97. The monoisotopic (exact) mass is 449 g/mol. The molecular formula is C27H35N3O3. The normalized spacial score (nSPS) is 23.3. The zero-order valence-electron chi connectivity index (χ0n) is 19.7. The van der Waals surface area contributed by atoms with E-state index in [4.69, 9.17) is 4.74 Å². The summed E-state index contributed by atoms with van der Waals surface area (Å²) < 4.78 is 5.73. The van der Waals surface area contributed by atoms with Gasteiger partial charge in [0.05, 0.1) is 0 Å². The summed E-state index contributed by atoms with van der Waals surface area (Å²) in [6.07, 6.45) is 4.22. The smallest absolute Gasteiger partial charge is 0.260 e. The summed E-state index contributed by atoms with van der Waals surface area (Å²) in [5, 5.41) is 3.15. The number of carbonyl (C=O) groups excluding carboxylic acids is 2. The van der Waals surface area contributed by atoms with Gasteiger partial charge < -0.3 is 15.0 Å². The van der Waals surface area contributed by atoms with Crippen LogP contribution in [0.2, 0.25) is 0 Å². The van der Waals surface area contributed by atoms with Gasteiger partial charge in [0, 0.05) is 43.3 Å². The molecule has 0 bridgehead atoms. The summed E-state index contributed by atoms with van der Waals surface area (Å²) in [6.45, 7) is 6.98. The van der Waals surface area contributed by atoms with Gasteiger partial charge in [-0.2, -0.15) is 0 Å². The molecule has 2 saturated heterocycles. The minimum atomic E-state index is -0.0693. The zero-order chi connectivity index (χ0) is 23.2. The minimum Gasteiger partial charge on any atom is -0.484 e. The molecule has 6 nitrogen and oxygen atoms in total. The Morgan fingerprint density at radius 1 is 0.970 bits per heavy atom. The van der Waals surface area contributed by atoms with E-state index in [1.54, 1.807) is 24.3 Å². The Kier molecular flexibility index (Phi) is 7.65. The highest BCUT2D eigenvalue weighted by atomic mass is 16.5. The van der Waals surface area contributed by atoms with Gasteiger partial charge in [-0.15, -0.1) is 0 Å². The molecule has 6 heteroatoms. The van der Waals surface area contributed by atoms with Crippen LogP contribution in [0.25, 0.3) is 0 Å². The van der Waals surface area contributed by atoms with Gasteiger partial charge in [0.25, 0.3) is 11.8 Å². The zero-order valence-corrected chi connectivity index (χ0v) is 19.7. The first-order valence-corrected chi connectivity index (χ1v) is 12.1. The predicted molar refractivity (Wildman–Crippen MR) is 129 cm³/mol. The van der Waals surface area contributed by atoms with Gasteiger partial charge >= 0.3 is 0 Å². The van der Waals surface area contributed by atoms with E-state index in [2.05, 4.69) is 48.3 Å². The van der Waals surface area contributed by atoms with Crippen molar-refractivity contribution in [2.24, 2.45) is 0 Å². The number of piperidine rings is 1. The maximum atomic E-state index is 12.7. The van der Waals surface area contributed by atoms with Crippen LogP contribution in [0.4, 0.5) is 0 Å². The fourth-order valence-corrected chi connectivity index (χ4v) is 5.04. The summed E-state index contributed by atoms with van der Waals surface area (Å²) in [7, 11) is 0. The number of likely N-dealkylation sites (tertiary alicyclic amines) is 2. The molecule has 2 aromatic carbocycles. The Morgan fingerprint density at radius 3 is 2.36 bits per heavy atom. The number of rotatable bonds is 7. The molecule has 2 aliphatic rings.